The first-order valence-electron chi connectivity index (χ1n) is 6.75. The van der Waals surface area contributed by atoms with E-state index in [2.05, 4.69) is 24.4 Å². The lowest BCUT2D eigenvalue weighted by Crippen LogP contribution is -2.15. The lowest BCUT2D eigenvalue weighted by molar-refractivity contribution is 0.597. The van der Waals surface area contributed by atoms with Crippen LogP contribution in [0.5, 0.6) is 0 Å². The van der Waals surface area contributed by atoms with Crippen molar-refractivity contribution in [3.05, 3.63) is 59.2 Å². The molecular formula is C16H20N2O2S. The Morgan fingerprint density at radius 3 is 2.33 bits per heavy atom. The second-order valence-electron chi connectivity index (χ2n) is 5.20. The summed E-state index contributed by atoms with van der Waals surface area (Å²) in [5, 5.41) is 8.60. The molecule has 1 unspecified atom stereocenters. The molecule has 5 heteroatoms. The number of anilines is 1. The summed E-state index contributed by atoms with van der Waals surface area (Å²) in [6, 6.07) is 13.3. The molecule has 112 valence electrons. The fourth-order valence-electron chi connectivity index (χ4n) is 2.46. The van der Waals surface area contributed by atoms with Crippen LogP contribution in [0.15, 0.2) is 47.4 Å². The highest BCUT2D eigenvalue weighted by molar-refractivity contribution is 7.89. The normalized spacial score (nSPS) is 13.0. The van der Waals surface area contributed by atoms with Crippen molar-refractivity contribution in [1.29, 1.82) is 0 Å². The number of rotatable bonds is 4. The van der Waals surface area contributed by atoms with E-state index in [1.807, 2.05) is 25.1 Å². The van der Waals surface area contributed by atoms with Gasteiger partial charge in [-0.2, -0.15) is 0 Å². The summed E-state index contributed by atoms with van der Waals surface area (Å²) in [5.41, 5.74) is 3.79. The molecule has 1 atom stereocenters. The molecule has 0 saturated carbocycles. The van der Waals surface area contributed by atoms with Crippen LogP contribution in [-0.4, -0.2) is 8.42 Å². The maximum absolute atomic E-state index is 11.6. The number of nitrogens with one attached hydrogen (secondary N) is 1. The zero-order valence-electron chi connectivity index (χ0n) is 12.4. The van der Waals surface area contributed by atoms with Crippen LogP contribution in [0.1, 0.15) is 29.7 Å². The Morgan fingerprint density at radius 2 is 1.71 bits per heavy atom. The maximum atomic E-state index is 11.6. The Hall–Kier alpha value is -1.85. The first-order chi connectivity index (χ1) is 9.80. The molecule has 2 aromatic rings. The Labute approximate surface area is 126 Å². The molecule has 0 spiro atoms. The third-order valence-electron chi connectivity index (χ3n) is 3.62. The fourth-order valence-corrected chi connectivity index (χ4v) is 3.27. The minimum Gasteiger partial charge on any atom is -0.378 e. The number of aryl methyl sites for hydroxylation is 1. The van der Waals surface area contributed by atoms with Crippen molar-refractivity contribution in [2.24, 2.45) is 5.14 Å². The molecule has 0 aliphatic carbocycles. The van der Waals surface area contributed by atoms with Crippen molar-refractivity contribution in [1.82, 2.24) is 0 Å². The lowest BCUT2D eigenvalue weighted by atomic mass is 10.0. The first kappa shape index (κ1) is 15.5. The van der Waals surface area contributed by atoms with Gasteiger partial charge >= 0.3 is 0 Å². The highest BCUT2D eigenvalue weighted by atomic mass is 32.2. The molecule has 2 rings (SSSR count). The second-order valence-corrected chi connectivity index (χ2v) is 6.73. The van der Waals surface area contributed by atoms with E-state index in [0.29, 0.717) is 5.56 Å². The zero-order valence-corrected chi connectivity index (χ0v) is 13.2. The minimum atomic E-state index is -3.70. The van der Waals surface area contributed by atoms with Crippen molar-refractivity contribution in [3.8, 4) is 0 Å². The molecule has 0 radical (unpaired) electrons. The standard InChI is InChI=1S/C16H20N2O2S/c1-11-7-4-5-8-14(11)13(3)18-15-9-6-10-16(12(15)2)21(17,19)20/h4-10,13,18H,1-3H3,(H2,17,19,20). The SMILES string of the molecule is Cc1ccccc1C(C)Nc1cccc(S(N)(=O)=O)c1C. The van der Waals surface area contributed by atoms with E-state index in [0.717, 1.165) is 5.69 Å². The number of hydrogen-bond acceptors (Lipinski definition) is 3. The van der Waals surface area contributed by atoms with Crippen LogP contribution in [0.4, 0.5) is 5.69 Å². The Balaban J connectivity index is 2.35. The van der Waals surface area contributed by atoms with Crippen LogP contribution in [0.3, 0.4) is 0 Å². The molecule has 4 nitrogen and oxygen atoms in total. The molecule has 0 aliphatic rings. The van der Waals surface area contributed by atoms with E-state index in [1.165, 1.54) is 17.2 Å². The third kappa shape index (κ3) is 3.43. The molecule has 2 aromatic carbocycles. The largest absolute Gasteiger partial charge is 0.378 e. The average Bonchev–Trinajstić information content (AvgIpc) is 2.40. The van der Waals surface area contributed by atoms with Gasteiger partial charge in [0.2, 0.25) is 10.0 Å². The Bertz CT molecular complexity index is 755. The molecule has 0 fully saturated rings. The van der Waals surface area contributed by atoms with Crippen LogP contribution >= 0.6 is 0 Å². The van der Waals surface area contributed by atoms with Gasteiger partial charge in [-0.05, 0) is 49.6 Å². The molecule has 0 amide bonds. The summed E-state index contributed by atoms with van der Waals surface area (Å²) in [4.78, 5) is 0.157. The number of benzene rings is 2. The van der Waals surface area contributed by atoms with Gasteiger partial charge < -0.3 is 5.32 Å². The van der Waals surface area contributed by atoms with Crippen molar-refractivity contribution in [2.75, 3.05) is 5.32 Å². The van der Waals surface area contributed by atoms with Gasteiger partial charge in [0, 0.05) is 11.7 Å². The summed E-state index contributed by atoms with van der Waals surface area (Å²) in [6.45, 7) is 5.86. The van der Waals surface area contributed by atoms with Crippen LogP contribution in [-0.2, 0) is 10.0 Å². The monoisotopic (exact) mass is 304 g/mol. The molecular weight excluding hydrogens is 284 g/mol. The highest BCUT2D eigenvalue weighted by Gasteiger charge is 2.15. The predicted molar refractivity (Wildman–Crippen MR) is 85.8 cm³/mol. The third-order valence-corrected chi connectivity index (χ3v) is 4.67. The molecule has 3 N–H and O–H groups in total. The smallest absolute Gasteiger partial charge is 0.238 e. The zero-order chi connectivity index (χ0) is 15.6. The van der Waals surface area contributed by atoms with E-state index >= 15 is 0 Å². The van der Waals surface area contributed by atoms with Crippen LogP contribution < -0.4 is 10.5 Å². The second kappa shape index (κ2) is 5.87. The van der Waals surface area contributed by atoms with Gasteiger partial charge in [0.1, 0.15) is 0 Å². The summed E-state index contributed by atoms with van der Waals surface area (Å²) in [7, 11) is -3.70. The van der Waals surface area contributed by atoms with Crippen molar-refractivity contribution >= 4 is 15.7 Å². The van der Waals surface area contributed by atoms with E-state index in [4.69, 9.17) is 5.14 Å². The summed E-state index contributed by atoms with van der Waals surface area (Å²) in [6.07, 6.45) is 0. The maximum Gasteiger partial charge on any atom is 0.238 e. The fraction of sp³-hybridized carbons (Fsp3) is 0.250. The number of primary sulfonamides is 1. The van der Waals surface area contributed by atoms with Crippen molar-refractivity contribution in [2.45, 2.75) is 31.7 Å². The van der Waals surface area contributed by atoms with Gasteiger partial charge in [-0.1, -0.05) is 30.3 Å². The van der Waals surface area contributed by atoms with Crippen LogP contribution in [0.25, 0.3) is 0 Å². The predicted octanol–water partition coefficient (Wildman–Crippen LogP) is 3.12. The first-order valence-corrected chi connectivity index (χ1v) is 8.30. The summed E-state index contributed by atoms with van der Waals surface area (Å²) in [5.74, 6) is 0. The number of hydrogen-bond donors (Lipinski definition) is 2. The van der Waals surface area contributed by atoms with Gasteiger partial charge in [0.15, 0.2) is 0 Å². The van der Waals surface area contributed by atoms with Gasteiger partial charge in [0.25, 0.3) is 0 Å². The molecule has 0 aliphatic heterocycles. The number of nitrogens with two attached hydrogens (primary N) is 1. The van der Waals surface area contributed by atoms with E-state index in [1.54, 1.807) is 13.0 Å². The average molecular weight is 304 g/mol. The van der Waals surface area contributed by atoms with Crippen LogP contribution in [0, 0.1) is 13.8 Å². The Kier molecular flexibility index (Phi) is 4.34. The van der Waals surface area contributed by atoms with E-state index < -0.39 is 10.0 Å². The highest BCUT2D eigenvalue weighted by Crippen LogP contribution is 2.27. The molecule has 0 heterocycles. The van der Waals surface area contributed by atoms with Gasteiger partial charge in [-0.25, -0.2) is 13.6 Å². The van der Waals surface area contributed by atoms with Crippen molar-refractivity contribution < 1.29 is 8.42 Å². The molecule has 21 heavy (non-hydrogen) atoms. The quantitative estimate of drug-likeness (QED) is 0.911. The molecule has 0 saturated heterocycles. The molecule has 0 aromatic heterocycles. The Morgan fingerprint density at radius 1 is 1.05 bits per heavy atom. The van der Waals surface area contributed by atoms with E-state index in [9.17, 15) is 8.42 Å². The topological polar surface area (TPSA) is 72.2 Å². The van der Waals surface area contributed by atoms with Gasteiger partial charge in [-0.3, -0.25) is 0 Å². The molecule has 0 bridgehead atoms. The van der Waals surface area contributed by atoms with E-state index in [-0.39, 0.29) is 10.9 Å². The summed E-state index contributed by atoms with van der Waals surface area (Å²) < 4.78 is 23.1. The lowest BCUT2D eigenvalue weighted by Gasteiger charge is -2.20. The van der Waals surface area contributed by atoms with Crippen LogP contribution in [0.2, 0.25) is 0 Å². The van der Waals surface area contributed by atoms with Gasteiger partial charge in [-0.15, -0.1) is 0 Å². The summed E-state index contributed by atoms with van der Waals surface area (Å²) >= 11 is 0. The minimum absolute atomic E-state index is 0.0700. The van der Waals surface area contributed by atoms with Crippen molar-refractivity contribution in [3.63, 3.8) is 0 Å². The number of sulfonamides is 1. The van der Waals surface area contributed by atoms with Gasteiger partial charge in [0.05, 0.1) is 4.90 Å².